The molecule has 1 N–H and O–H groups in total. The molecule has 1 atom stereocenters. The molecule has 1 aliphatic rings. The van der Waals surface area contributed by atoms with Gasteiger partial charge in [-0.05, 0) is 36.8 Å². The summed E-state index contributed by atoms with van der Waals surface area (Å²) in [6.45, 7) is 2.08. The molecule has 0 spiro atoms. The third-order valence-electron chi connectivity index (χ3n) is 4.52. The highest BCUT2D eigenvalue weighted by molar-refractivity contribution is 5.78. The predicted octanol–water partition coefficient (Wildman–Crippen LogP) is 3.66. The molecule has 2 heterocycles. The van der Waals surface area contributed by atoms with E-state index in [0.29, 0.717) is 17.4 Å². The average molecular weight is 348 g/mol. The molecular formula is C20H20N4O2. The van der Waals surface area contributed by atoms with Crippen molar-refractivity contribution in [1.82, 2.24) is 14.8 Å². The molecule has 3 aromatic rings. The van der Waals surface area contributed by atoms with Gasteiger partial charge in [-0.2, -0.15) is 10.1 Å². The van der Waals surface area contributed by atoms with E-state index in [1.165, 1.54) is 5.56 Å². The van der Waals surface area contributed by atoms with Gasteiger partial charge in [-0.1, -0.05) is 29.8 Å². The van der Waals surface area contributed by atoms with Crippen LogP contribution in [0.15, 0.2) is 54.9 Å². The van der Waals surface area contributed by atoms with Crippen molar-refractivity contribution in [3.63, 3.8) is 0 Å². The summed E-state index contributed by atoms with van der Waals surface area (Å²) in [5, 5.41) is 7.73. The molecule has 0 aliphatic carbocycles. The van der Waals surface area contributed by atoms with E-state index in [9.17, 15) is 0 Å². The van der Waals surface area contributed by atoms with Gasteiger partial charge in [-0.15, -0.1) is 0 Å². The van der Waals surface area contributed by atoms with E-state index in [1.54, 1.807) is 20.5 Å². The van der Waals surface area contributed by atoms with Crippen LogP contribution in [0.2, 0.25) is 0 Å². The number of anilines is 1. The number of aromatic nitrogens is 3. The van der Waals surface area contributed by atoms with Gasteiger partial charge >= 0.3 is 0 Å². The summed E-state index contributed by atoms with van der Waals surface area (Å²) in [7, 11) is 3.27. The zero-order chi connectivity index (χ0) is 18.1. The van der Waals surface area contributed by atoms with Gasteiger partial charge in [0.15, 0.2) is 11.5 Å². The van der Waals surface area contributed by atoms with E-state index in [4.69, 9.17) is 9.47 Å². The van der Waals surface area contributed by atoms with Crippen LogP contribution in [-0.4, -0.2) is 29.0 Å². The minimum Gasteiger partial charge on any atom is -0.493 e. The van der Waals surface area contributed by atoms with E-state index in [1.807, 2.05) is 22.9 Å². The first-order chi connectivity index (χ1) is 12.7. The molecule has 4 rings (SSSR count). The van der Waals surface area contributed by atoms with Gasteiger partial charge < -0.3 is 14.8 Å². The average Bonchev–Trinajstić information content (AvgIpc) is 3.16. The lowest BCUT2D eigenvalue weighted by Crippen LogP contribution is -2.20. The van der Waals surface area contributed by atoms with Crippen LogP contribution in [0.1, 0.15) is 22.7 Å². The second-order valence-electron chi connectivity index (χ2n) is 6.16. The van der Waals surface area contributed by atoms with Crippen molar-refractivity contribution in [2.75, 3.05) is 19.5 Å². The predicted molar refractivity (Wildman–Crippen MR) is 100 cm³/mol. The van der Waals surface area contributed by atoms with Gasteiger partial charge in [0.05, 0.1) is 14.2 Å². The summed E-state index contributed by atoms with van der Waals surface area (Å²) in [4.78, 5) is 4.35. The lowest BCUT2D eigenvalue weighted by atomic mass is 10.0. The van der Waals surface area contributed by atoms with Gasteiger partial charge in [0.1, 0.15) is 12.4 Å². The summed E-state index contributed by atoms with van der Waals surface area (Å²) in [6, 6.07) is 14.3. The number of benzene rings is 2. The van der Waals surface area contributed by atoms with E-state index < -0.39 is 0 Å². The van der Waals surface area contributed by atoms with Crippen molar-refractivity contribution in [2.24, 2.45) is 0 Å². The Kier molecular flexibility index (Phi) is 4.08. The third-order valence-corrected chi connectivity index (χ3v) is 4.52. The molecule has 6 nitrogen and oxygen atoms in total. The normalized spacial score (nSPS) is 15.7. The Labute approximate surface area is 152 Å². The number of rotatable bonds is 4. The minimum atomic E-state index is -0.0301. The Balaban J connectivity index is 1.78. The van der Waals surface area contributed by atoms with E-state index >= 15 is 0 Å². The van der Waals surface area contributed by atoms with Crippen LogP contribution in [0.3, 0.4) is 0 Å². The second-order valence-corrected chi connectivity index (χ2v) is 6.16. The van der Waals surface area contributed by atoms with Gasteiger partial charge in [-0.3, -0.25) is 0 Å². The molecule has 0 saturated carbocycles. The highest BCUT2D eigenvalue weighted by Crippen LogP contribution is 2.35. The molecule has 132 valence electrons. The van der Waals surface area contributed by atoms with Crippen molar-refractivity contribution < 1.29 is 9.47 Å². The first-order valence-electron chi connectivity index (χ1n) is 8.37. The fourth-order valence-electron chi connectivity index (χ4n) is 3.11. The highest BCUT2D eigenvalue weighted by Gasteiger charge is 2.23. The smallest absolute Gasteiger partial charge is 0.226 e. The fraction of sp³-hybridized carbons (Fsp3) is 0.200. The number of allylic oxidation sites excluding steroid dienone is 1. The van der Waals surface area contributed by atoms with Crippen molar-refractivity contribution in [3.8, 4) is 11.5 Å². The summed E-state index contributed by atoms with van der Waals surface area (Å²) >= 11 is 0. The standard InChI is InChI=1S/C20H20N4O2/c1-13-4-6-14(7-5-13)17-11-16(23-20-21-12-22-24(17)20)15-8-9-18(25-2)19(10-15)26-3/h4-12,17H,1-3H3,(H,21,22,23)/t17-/m0/s1. The fourth-order valence-corrected chi connectivity index (χ4v) is 3.11. The number of hydrogen-bond acceptors (Lipinski definition) is 5. The Morgan fingerprint density at radius 2 is 1.77 bits per heavy atom. The third kappa shape index (κ3) is 2.79. The number of fused-ring (bicyclic) bond motifs is 1. The van der Waals surface area contributed by atoms with E-state index in [-0.39, 0.29) is 6.04 Å². The molecule has 1 aliphatic heterocycles. The van der Waals surface area contributed by atoms with Crippen LogP contribution in [0.4, 0.5) is 5.95 Å². The Bertz CT molecular complexity index is 960. The molecule has 26 heavy (non-hydrogen) atoms. The molecule has 2 aromatic carbocycles. The maximum atomic E-state index is 5.43. The van der Waals surface area contributed by atoms with E-state index in [2.05, 4.69) is 52.7 Å². The highest BCUT2D eigenvalue weighted by atomic mass is 16.5. The van der Waals surface area contributed by atoms with Crippen molar-refractivity contribution in [2.45, 2.75) is 13.0 Å². The lowest BCUT2D eigenvalue weighted by Gasteiger charge is -2.25. The number of nitrogens with one attached hydrogen (secondary N) is 1. The van der Waals surface area contributed by atoms with Crippen LogP contribution in [0.5, 0.6) is 11.5 Å². The van der Waals surface area contributed by atoms with Crippen molar-refractivity contribution >= 4 is 11.6 Å². The van der Waals surface area contributed by atoms with Crippen molar-refractivity contribution in [3.05, 3.63) is 71.6 Å². The zero-order valence-corrected chi connectivity index (χ0v) is 14.9. The number of nitrogens with zero attached hydrogens (tertiary/aromatic N) is 3. The van der Waals surface area contributed by atoms with Crippen LogP contribution in [-0.2, 0) is 0 Å². The number of aryl methyl sites for hydroxylation is 1. The number of methoxy groups -OCH3 is 2. The first kappa shape index (κ1) is 16.2. The monoisotopic (exact) mass is 348 g/mol. The maximum Gasteiger partial charge on any atom is 0.226 e. The van der Waals surface area contributed by atoms with Gasteiger partial charge in [0.25, 0.3) is 0 Å². The van der Waals surface area contributed by atoms with Crippen molar-refractivity contribution in [1.29, 1.82) is 0 Å². The molecule has 0 amide bonds. The van der Waals surface area contributed by atoms with Crippen LogP contribution >= 0.6 is 0 Å². The lowest BCUT2D eigenvalue weighted by molar-refractivity contribution is 0.355. The second kappa shape index (κ2) is 6.55. The molecule has 0 radical (unpaired) electrons. The topological polar surface area (TPSA) is 61.2 Å². The largest absolute Gasteiger partial charge is 0.493 e. The number of ether oxygens (including phenoxy) is 2. The molecule has 0 bridgehead atoms. The Morgan fingerprint density at radius 3 is 2.50 bits per heavy atom. The molecule has 0 unspecified atom stereocenters. The molecule has 6 heteroatoms. The molecule has 1 aromatic heterocycles. The number of hydrogen-bond donors (Lipinski definition) is 1. The SMILES string of the molecule is COc1ccc(C2=C[C@@H](c3ccc(C)cc3)n3ncnc3N2)cc1OC. The van der Waals surface area contributed by atoms with Gasteiger partial charge in [0.2, 0.25) is 5.95 Å². The van der Waals surface area contributed by atoms with Gasteiger partial charge in [0, 0.05) is 11.3 Å². The molecule has 0 fully saturated rings. The Hall–Kier alpha value is -3.28. The van der Waals surface area contributed by atoms with Crippen LogP contribution in [0.25, 0.3) is 5.70 Å². The summed E-state index contributed by atoms with van der Waals surface area (Å²) in [5.41, 5.74) is 4.33. The zero-order valence-electron chi connectivity index (χ0n) is 14.9. The quantitative estimate of drug-likeness (QED) is 0.780. The van der Waals surface area contributed by atoms with Gasteiger partial charge in [-0.25, -0.2) is 4.68 Å². The Morgan fingerprint density at radius 1 is 1.00 bits per heavy atom. The first-order valence-corrected chi connectivity index (χ1v) is 8.37. The van der Waals surface area contributed by atoms with Crippen LogP contribution in [0, 0.1) is 6.92 Å². The van der Waals surface area contributed by atoms with E-state index in [0.717, 1.165) is 16.8 Å². The maximum absolute atomic E-state index is 5.43. The summed E-state index contributed by atoms with van der Waals surface area (Å²) in [5.74, 6) is 2.10. The summed E-state index contributed by atoms with van der Waals surface area (Å²) in [6.07, 6.45) is 3.71. The minimum absolute atomic E-state index is 0.0301. The molecular weight excluding hydrogens is 328 g/mol. The molecule has 0 saturated heterocycles. The summed E-state index contributed by atoms with van der Waals surface area (Å²) < 4.78 is 12.7. The van der Waals surface area contributed by atoms with Crippen LogP contribution < -0.4 is 14.8 Å².